The number of likely N-dealkylation sites (N-methyl/N-ethyl adjacent to an activating group) is 1. The molecule has 0 saturated carbocycles. The van der Waals surface area contributed by atoms with Gasteiger partial charge in [-0.1, -0.05) is 6.07 Å². The Morgan fingerprint density at radius 3 is 2.81 bits per heavy atom. The van der Waals surface area contributed by atoms with Gasteiger partial charge in [0, 0.05) is 6.54 Å². The Labute approximate surface area is 124 Å². The van der Waals surface area contributed by atoms with E-state index < -0.39 is 12.1 Å². The number of hydrogen-bond acceptors (Lipinski definition) is 4. The van der Waals surface area contributed by atoms with Gasteiger partial charge in [-0.25, -0.2) is 4.79 Å². The average Bonchev–Trinajstić information content (AvgIpc) is 2.92. The summed E-state index contributed by atoms with van der Waals surface area (Å²) in [5, 5.41) is 2.60. The third-order valence-electron chi connectivity index (χ3n) is 3.46. The summed E-state index contributed by atoms with van der Waals surface area (Å²) < 4.78 is 10.4. The number of benzene rings is 1. The van der Waals surface area contributed by atoms with Gasteiger partial charge >= 0.3 is 5.97 Å². The van der Waals surface area contributed by atoms with E-state index in [1.807, 2.05) is 25.1 Å². The average molecular weight is 291 g/mol. The van der Waals surface area contributed by atoms with Crippen LogP contribution in [0.4, 0.5) is 0 Å². The maximum atomic E-state index is 11.6. The molecule has 1 amide bonds. The summed E-state index contributed by atoms with van der Waals surface area (Å²) in [5.41, 5.74) is 2.64. The van der Waals surface area contributed by atoms with Crippen LogP contribution in [0.5, 0.6) is 5.75 Å². The van der Waals surface area contributed by atoms with E-state index in [4.69, 9.17) is 9.47 Å². The van der Waals surface area contributed by atoms with Crippen molar-refractivity contribution in [2.24, 2.45) is 0 Å². The SMILES string of the molecule is CCNC(=O)[C@@H](C)OC(=O)COc1ccc2c(c1)CCC2. The van der Waals surface area contributed by atoms with Crippen molar-refractivity contribution in [2.75, 3.05) is 13.2 Å². The third-order valence-corrected chi connectivity index (χ3v) is 3.46. The highest BCUT2D eigenvalue weighted by atomic mass is 16.6. The lowest BCUT2D eigenvalue weighted by Gasteiger charge is -2.13. The molecule has 21 heavy (non-hydrogen) atoms. The predicted molar refractivity (Wildman–Crippen MR) is 78.2 cm³/mol. The minimum Gasteiger partial charge on any atom is -0.482 e. The Morgan fingerprint density at radius 2 is 2.05 bits per heavy atom. The second-order valence-electron chi connectivity index (χ2n) is 5.10. The quantitative estimate of drug-likeness (QED) is 0.809. The van der Waals surface area contributed by atoms with Crippen molar-refractivity contribution in [3.63, 3.8) is 0 Å². The number of rotatable bonds is 6. The van der Waals surface area contributed by atoms with Gasteiger partial charge in [0.1, 0.15) is 5.75 Å². The van der Waals surface area contributed by atoms with E-state index in [1.165, 1.54) is 24.5 Å². The van der Waals surface area contributed by atoms with Crippen LogP contribution >= 0.6 is 0 Å². The summed E-state index contributed by atoms with van der Waals surface area (Å²) in [6, 6.07) is 5.88. The molecular weight excluding hydrogens is 270 g/mol. The van der Waals surface area contributed by atoms with E-state index in [2.05, 4.69) is 5.32 Å². The molecule has 2 rings (SSSR count). The minimum absolute atomic E-state index is 0.192. The maximum absolute atomic E-state index is 11.6. The molecule has 0 aromatic heterocycles. The number of carbonyl (C=O) groups is 2. The van der Waals surface area contributed by atoms with Crippen LogP contribution in [0, 0.1) is 0 Å². The van der Waals surface area contributed by atoms with E-state index in [9.17, 15) is 9.59 Å². The molecule has 1 aliphatic carbocycles. The number of fused-ring (bicyclic) bond motifs is 1. The topological polar surface area (TPSA) is 64.6 Å². The number of carbonyl (C=O) groups excluding carboxylic acids is 2. The molecule has 5 heteroatoms. The predicted octanol–water partition coefficient (Wildman–Crippen LogP) is 1.62. The Bertz CT molecular complexity index is 527. The zero-order valence-electron chi connectivity index (χ0n) is 12.5. The third kappa shape index (κ3) is 4.21. The van der Waals surface area contributed by atoms with Crippen molar-refractivity contribution in [3.8, 4) is 5.75 Å². The van der Waals surface area contributed by atoms with Crippen molar-refractivity contribution in [1.82, 2.24) is 5.32 Å². The molecule has 1 atom stereocenters. The number of nitrogens with one attached hydrogen (secondary N) is 1. The van der Waals surface area contributed by atoms with Crippen LogP contribution in [-0.4, -0.2) is 31.1 Å². The summed E-state index contributed by atoms with van der Waals surface area (Å²) in [6.45, 7) is 3.66. The summed E-state index contributed by atoms with van der Waals surface area (Å²) in [5.74, 6) is -0.184. The van der Waals surface area contributed by atoms with E-state index in [1.54, 1.807) is 0 Å². The van der Waals surface area contributed by atoms with Crippen LogP contribution in [0.3, 0.4) is 0 Å². The molecule has 0 aliphatic heterocycles. The normalized spacial score (nSPS) is 14.2. The molecular formula is C16H21NO4. The van der Waals surface area contributed by atoms with E-state index in [-0.39, 0.29) is 12.5 Å². The Kier molecular flexibility index (Phi) is 5.20. The molecule has 0 fully saturated rings. The highest BCUT2D eigenvalue weighted by molar-refractivity contribution is 5.83. The Balaban J connectivity index is 1.80. The summed E-state index contributed by atoms with van der Waals surface area (Å²) >= 11 is 0. The first-order chi connectivity index (χ1) is 10.1. The summed E-state index contributed by atoms with van der Waals surface area (Å²) in [4.78, 5) is 23.1. The lowest BCUT2D eigenvalue weighted by molar-refractivity contribution is -0.156. The smallest absolute Gasteiger partial charge is 0.344 e. The highest BCUT2D eigenvalue weighted by Crippen LogP contribution is 2.25. The second kappa shape index (κ2) is 7.11. The van der Waals surface area contributed by atoms with Gasteiger partial charge in [-0.15, -0.1) is 0 Å². The molecule has 0 radical (unpaired) electrons. The zero-order valence-corrected chi connectivity index (χ0v) is 12.5. The van der Waals surface area contributed by atoms with Crippen molar-refractivity contribution in [2.45, 2.75) is 39.2 Å². The number of aryl methyl sites for hydroxylation is 2. The number of hydrogen-bond donors (Lipinski definition) is 1. The second-order valence-corrected chi connectivity index (χ2v) is 5.10. The van der Waals surface area contributed by atoms with E-state index in [0.717, 1.165) is 12.8 Å². The van der Waals surface area contributed by atoms with Crippen LogP contribution in [0.25, 0.3) is 0 Å². The molecule has 0 bridgehead atoms. The zero-order chi connectivity index (χ0) is 15.2. The molecule has 0 saturated heterocycles. The first-order valence-electron chi connectivity index (χ1n) is 7.32. The largest absolute Gasteiger partial charge is 0.482 e. The van der Waals surface area contributed by atoms with Crippen LogP contribution < -0.4 is 10.1 Å². The van der Waals surface area contributed by atoms with Gasteiger partial charge in [0.2, 0.25) is 0 Å². The fourth-order valence-corrected chi connectivity index (χ4v) is 2.38. The van der Waals surface area contributed by atoms with Crippen LogP contribution in [0.15, 0.2) is 18.2 Å². The van der Waals surface area contributed by atoms with Gasteiger partial charge in [-0.2, -0.15) is 0 Å². The van der Waals surface area contributed by atoms with E-state index in [0.29, 0.717) is 12.3 Å². The lowest BCUT2D eigenvalue weighted by Crippen LogP contribution is -2.36. The molecule has 0 heterocycles. The van der Waals surface area contributed by atoms with E-state index >= 15 is 0 Å². The van der Waals surface area contributed by atoms with Crippen LogP contribution in [0.1, 0.15) is 31.4 Å². The van der Waals surface area contributed by atoms with Crippen LogP contribution in [-0.2, 0) is 27.2 Å². The van der Waals surface area contributed by atoms with Crippen molar-refractivity contribution < 1.29 is 19.1 Å². The van der Waals surface area contributed by atoms with Gasteiger partial charge in [0.25, 0.3) is 5.91 Å². The molecule has 1 N–H and O–H groups in total. The van der Waals surface area contributed by atoms with Gasteiger partial charge in [-0.05, 0) is 56.4 Å². The minimum atomic E-state index is -0.805. The van der Waals surface area contributed by atoms with Gasteiger partial charge in [-0.3, -0.25) is 4.79 Å². The highest BCUT2D eigenvalue weighted by Gasteiger charge is 2.17. The van der Waals surface area contributed by atoms with Crippen LogP contribution in [0.2, 0.25) is 0 Å². The molecule has 1 aromatic carbocycles. The molecule has 0 spiro atoms. The standard InChI is InChI=1S/C16H21NO4/c1-3-17-16(19)11(2)21-15(18)10-20-14-8-7-12-5-4-6-13(12)9-14/h7-9,11H,3-6,10H2,1-2H3,(H,17,19)/t11-/m1/s1. The molecule has 0 unspecified atom stereocenters. The summed E-state index contributed by atoms with van der Waals surface area (Å²) in [6.07, 6.45) is 2.54. The van der Waals surface area contributed by atoms with Gasteiger partial charge in [0.15, 0.2) is 12.7 Å². The van der Waals surface area contributed by atoms with Crippen molar-refractivity contribution in [3.05, 3.63) is 29.3 Å². The molecule has 114 valence electrons. The first-order valence-corrected chi connectivity index (χ1v) is 7.32. The fraction of sp³-hybridized carbons (Fsp3) is 0.500. The Morgan fingerprint density at radius 1 is 1.29 bits per heavy atom. The summed E-state index contributed by atoms with van der Waals surface area (Å²) in [7, 11) is 0. The molecule has 1 aliphatic rings. The Hall–Kier alpha value is -2.04. The first kappa shape index (κ1) is 15.4. The number of esters is 1. The van der Waals surface area contributed by atoms with Crippen molar-refractivity contribution >= 4 is 11.9 Å². The van der Waals surface area contributed by atoms with Gasteiger partial charge in [0.05, 0.1) is 0 Å². The number of amides is 1. The maximum Gasteiger partial charge on any atom is 0.344 e. The fourth-order valence-electron chi connectivity index (χ4n) is 2.38. The molecule has 5 nitrogen and oxygen atoms in total. The lowest BCUT2D eigenvalue weighted by atomic mass is 10.1. The number of ether oxygens (including phenoxy) is 2. The van der Waals surface area contributed by atoms with Crippen molar-refractivity contribution in [1.29, 1.82) is 0 Å². The van der Waals surface area contributed by atoms with Gasteiger partial charge < -0.3 is 14.8 Å². The monoisotopic (exact) mass is 291 g/mol. The molecule has 1 aromatic rings.